The summed E-state index contributed by atoms with van der Waals surface area (Å²) in [5, 5.41) is 2.97. The van der Waals surface area contributed by atoms with Gasteiger partial charge in [-0.15, -0.1) is 0 Å². The van der Waals surface area contributed by atoms with Gasteiger partial charge < -0.3 is 10.2 Å². The van der Waals surface area contributed by atoms with Gasteiger partial charge in [0.15, 0.2) is 11.6 Å². The number of halogens is 1. The second kappa shape index (κ2) is 4.97. The van der Waals surface area contributed by atoms with Crippen LogP contribution >= 0.6 is 0 Å². The average Bonchev–Trinajstić information content (AvgIpc) is 2.85. The lowest BCUT2D eigenvalue weighted by Gasteiger charge is -2.18. The maximum absolute atomic E-state index is 14.4. The second-order valence-corrected chi connectivity index (χ2v) is 4.76. The molecule has 3 nitrogen and oxygen atoms in total. The normalized spacial score (nSPS) is 13.7. The lowest BCUT2D eigenvalue weighted by atomic mass is 10.1. The van der Waals surface area contributed by atoms with Crippen molar-refractivity contribution in [2.24, 2.45) is 0 Å². The van der Waals surface area contributed by atoms with Gasteiger partial charge in [-0.2, -0.15) is 0 Å². The zero-order valence-electron chi connectivity index (χ0n) is 10.9. The van der Waals surface area contributed by atoms with Crippen LogP contribution < -0.4 is 10.2 Å². The van der Waals surface area contributed by atoms with Crippen LogP contribution in [-0.4, -0.2) is 12.0 Å². The number of hydrogen-bond donors (Lipinski definition) is 1. The first-order valence-corrected chi connectivity index (χ1v) is 6.39. The van der Waals surface area contributed by atoms with E-state index in [2.05, 4.69) is 22.4 Å². The molecule has 3 rings (SSSR count). The molecule has 0 radical (unpaired) electrons. The molecule has 1 aromatic carbocycles. The molecule has 1 aliphatic heterocycles. The second-order valence-electron chi connectivity index (χ2n) is 4.76. The summed E-state index contributed by atoms with van der Waals surface area (Å²) in [7, 11) is 1.81. The van der Waals surface area contributed by atoms with Gasteiger partial charge >= 0.3 is 0 Å². The van der Waals surface area contributed by atoms with E-state index < -0.39 is 0 Å². The van der Waals surface area contributed by atoms with Crippen molar-refractivity contribution in [3.8, 4) is 0 Å². The summed E-state index contributed by atoms with van der Waals surface area (Å²) in [5.74, 6) is 0.230. The minimum atomic E-state index is -0.218. The Bertz CT molecular complexity index is 573. The number of hydrogen-bond acceptors (Lipinski definition) is 3. The number of nitrogens with zero attached hydrogens (tertiary/aromatic N) is 2. The largest absolute Gasteiger partial charge is 0.345 e. The molecule has 0 bridgehead atoms. The Morgan fingerprint density at radius 2 is 1.89 bits per heavy atom. The van der Waals surface area contributed by atoms with Crippen LogP contribution in [0.3, 0.4) is 0 Å². The number of pyridine rings is 1. The molecule has 1 aliphatic rings. The van der Waals surface area contributed by atoms with Crippen LogP contribution in [0, 0.1) is 5.82 Å². The van der Waals surface area contributed by atoms with Gasteiger partial charge in [0.25, 0.3) is 0 Å². The zero-order chi connectivity index (χ0) is 13.2. The summed E-state index contributed by atoms with van der Waals surface area (Å²) in [6.45, 7) is 1.97. The molecule has 98 valence electrons. The smallest absolute Gasteiger partial charge is 0.170 e. The van der Waals surface area contributed by atoms with E-state index in [0.29, 0.717) is 17.9 Å². The first-order chi connectivity index (χ1) is 9.29. The minimum Gasteiger partial charge on any atom is -0.345 e. The third-order valence-corrected chi connectivity index (χ3v) is 3.46. The Morgan fingerprint density at radius 1 is 1.21 bits per heavy atom. The van der Waals surface area contributed by atoms with E-state index in [9.17, 15) is 4.39 Å². The highest BCUT2D eigenvalue weighted by molar-refractivity contribution is 5.49. The van der Waals surface area contributed by atoms with Crippen molar-refractivity contribution in [3.05, 3.63) is 59.0 Å². The number of fused-ring (bicyclic) bond motifs is 1. The van der Waals surface area contributed by atoms with Crippen LogP contribution in [0.5, 0.6) is 0 Å². The Morgan fingerprint density at radius 3 is 2.53 bits per heavy atom. The van der Waals surface area contributed by atoms with Gasteiger partial charge in [-0.25, -0.2) is 9.37 Å². The van der Waals surface area contributed by atoms with Crippen LogP contribution in [0.15, 0.2) is 36.5 Å². The van der Waals surface area contributed by atoms with Crippen LogP contribution in [0.2, 0.25) is 0 Å². The molecular weight excluding hydrogens is 241 g/mol. The summed E-state index contributed by atoms with van der Waals surface area (Å²) in [6.07, 6.45) is 1.67. The van der Waals surface area contributed by atoms with E-state index in [1.54, 1.807) is 12.3 Å². The molecule has 1 aromatic heterocycles. The Kier molecular flexibility index (Phi) is 3.17. The lowest BCUT2D eigenvalue weighted by molar-refractivity contribution is 0.587. The molecule has 0 spiro atoms. The summed E-state index contributed by atoms with van der Waals surface area (Å²) in [6, 6.07) is 9.93. The first-order valence-electron chi connectivity index (χ1n) is 6.39. The summed E-state index contributed by atoms with van der Waals surface area (Å²) >= 11 is 0. The molecule has 1 N–H and O–H groups in total. The van der Waals surface area contributed by atoms with E-state index in [-0.39, 0.29) is 5.82 Å². The standard InChI is InChI=1S/C15H16FN3/c1-17-8-11-6-7-18-15(14(11)16)19-9-12-4-2-3-5-13(12)10-19/h2-7,17H,8-10H2,1H3. The highest BCUT2D eigenvalue weighted by atomic mass is 19.1. The highest BCUT2D eigenvalue weighted by Crippen LogP contribution is 2.29. The fourth-order valence-corrected chi connectivity index (χ4v) is 2.50. The van der Waals surface area contributed by atoms with E-state index in [1.807, 2.05) is 24.1 Å². The van der Waals surface area contributed by atoms with Crippen LogP contribution in [0.1, 0.15) is 16.7 Å². The summed E-state index contributed by atoms with van der Waals surface area (Å²) in [4.78, 5) is 6.19. The monoisotopic (exact) mass is 257 g/mol. The third-order valence-electron chi connectivity index (χ3n) is 3.46. The van der Waals surface area contributed by atoms with E-state index in [1.165, 1.54) is 11.1 Å². The van der Waals surface area contributed by atoms with E-state index in [0.717, 1.165) is 13.1 Å². The van der Waals surface area contributed by atoms with Gasteiger partial charge in [0.05, 0.1) is 0 Å². The van der Waals surface area contributed by atoms with Crippen molar-refractivity contribution in [1.82, 2.24) is 10.3 Å². The van der Waals surface area contributed by atoms with Crippen molar-refractivity contribution in [1.29, 1.82) is 0 Å². The number of rotatable bonds is 3. The quantitative estimate of drug-likeness (QED) is 0.915. The van der Waals surface area contributed by atoms with Crippen molar-refractivity contribution >= 4 is 5.82 Å². The molecular formula is C15H16FN3. The van der Waals surface area contributed by atoms with Gasteiger partial charge in [0.1, 0.15) is 0 Å². The van der Waals surface area contributed by atoms with Crippen LogP contribution in [-0.2, 0) is 19.6 Å². The van der Waals surface area contributed by atoms with Crippen molar-refractivity contribution in [3.63, 3.8) is 0 Å². The Labute approximate surface area is 112 Å². The zero-order valence-corrected chi connectivity index (χ0v) is 10.9. The molecule has 0 fully saturated rings. The predicted octanol–water partition coefficient (Wildman–Crippen LogP) is 2.46. The maximum atomic E-state index is 14.4. The molecule has 0 atom stereocenters. The van der Waals surface area contributed by atoms with E-state index in [4.69, 9.17) is 0 Å². The number of anilines is 1. The number of benzene rings is 1. The Balaban J connectivity index is 1.91. The van der Waals surface area contributed by atoms with Gasteiger partial charge in [0, 0.05) is 31.4 Å². The van der Waals surface area contributed by atoms with Gasteiger partial charge in [-0.3, -0.25) is 0 Å². The SMILES string of the molecule is CNCc1ccnc(N2Cc3ccccc3C2)c1F. The molecule has 0 saturated heterocycles. The minimum absolute atomic E-state index is 0.218. The van der Waals surface area contributed by atoms with Crippen molar-refractivity contribution < 1.29 is 4.39 Å². The van der Waals surface area contributed by atoms with Crippen molar-refractivity contribution in [2.75, 3.05) is 11.9 Å². The van der Waals surface area contributed by atoms with Crippen LogP contribution in [0.4, 0.5) is 10.2 Å². The van der Waals surface area contributed by atoms with Gasteiger partial charge in [-0.1, -0.05) is 24.3 Å². The van der Waals surface area contributed by atoms with Gasteiger partial charge in [0.2, 0.25) is 0 Å². The van der Waals surface area contributed by atoms with E-state index >= 15 is 0 Å². The molecule has 4 heteroatoms. The molecule has 0 saturated carbocycles. The molecule has 2 heterocycles. The highest BCUT2D eigenvalue weighted by Gasteiger charge is 2.23. The maximum Gasteiger partial charge on any atom is 0.170 e. The fourth-order valence-electron chi connectivity index (χ4n) is 2.50. The molecule has 19 heavy (non-hydrogen) atoms. The third kappa shape index (κ3) is 2.19. The lowest BCUT2D eigenvalue weighted by Crippen LogP contribution is -2.19. The van der Waals surface area contributed by atoms with Gasteiger partial charge in [-0.05, 0) is 24.2 Å². The fraction of sp³-hybridized carbons (Fsp3) is 0.267. The topological polar surface area (TPSA) is 28.2 Å². The molecule has 2 aromatic rings. The Hall–Kier alpha value is -1.94. The number of nitrogens with one attached hydrogen (secondary N) is 1. The number of aromatic nitrogens is 1. The van der Waals surface area contributed by atoms with Crippen molar-refractivity contribution in [2.45, 2.75) is 19.6 Å². The molecule has 0 unspecified atom stereocenters. The summed E-state index contributed by atoms with van der Waals surface area (Å²) < 4.78 is 14.4. The summed E-state index contributed by atoms with van der Waals surface area (Å²) in [5.41, 5.74) is 3.16. The average molecular weight is 257 g/mol. The predicted molar refractivity (Wildman–Crippen MR) is 73.3 cm³/mol. The molecule has 0 amide bonds. The van der Waals surface area contributed by atoms with Crippen LogP contribution in [0.25, 0.3) is 0 Å². The molecule has 0 aliphatic carbocycles. The first kappa shape index (κ1) is 12.1.